The molecule has 0 aliphatic carbocycles. The summed E-state index contributed by atoms with van der Waals surface area (Å²) in [5, 5.41) is 0. The number of hydrogen-bond donors (Lipinski definition) is 1. The van der Waals surface area contributed by atoms with Crippen molar-refractivity contribution in [3.05, 3.63) is 88.5 Å². The first-order chi connectivity index (χ1) is 17.2. The van der Waals surface area contributed by atoms with E-state index in [2.05, 4.69) is 4.98 Å². The molecule has 1 aromatic heterocycles. The highest BCUT2D eigenvalue weighted by Gasteiger charge is 2.39. The lowest BCUT2D eigenvalue weighted by Crippen LogP contribution is -2.43. The van der Waals surface area contributed by atoms with Gasteiger partial charge in [0.2, 0.25) is 5.91 Å². The molecule has 0 bridgehead atoms. The summed E-state index contributed by atoms with van der Waals surface area (Å²) in [6, 6.07) is 4.85. The van der Waals surface area contributed by atoms with Crippen LogP contribution in [0.25, 0.3) is 0 Å². The van der Waals surface area contributed by atoms with Crippen LogP contribution in [0, 0.1) is 11.6 Å². The van der Waals surface area contributed by atoms with Crippen LogP contribution in [-0.4, -0.2) is 26.4 Å². The fourth-order valence-corrected chi connectivity index (χ4v) is 4.29. The van der Waals surface area contributed by atoms with Crippen molar-refractivity contribution in [2.24, 2.45) is 5.73 Å². The molecule has 1 amide bonds. The first-order valence-corrected chi connectivity index (χ1v) is 11.0. The fraction of sp³-hybridized carbons (Fsp3) is 0.333. The van der Waals surface area contributed by atoms with Crippen molar-refractivity contribution < 1.29 is 39.9 Å². The Morgan fingerprint density at radius 2 is 1.78 bits per heavy atom. The number of nitrogens with zero attached hydrogens (tertiary/aromatic N) is 3. The molecule has 1 unspecified atom stereocenters. The Kier molecular flexibility index (Phi) is 7.01. The van der Waals surface area contributed by atoms with E-state index < -0.39 is 66.2 Å². The van der Waals surface area contributed by atoms with Gasteiger partial charge in [-0.25, -0.2) is 13.8 Å². The zero-order valence-electron chi connectivity index (χ0n) is 19.0. The van der Waals surface area contributed by atoms with Crippen LogP contribution in [0.1, 0.15) is 40.7 Å². The molecule has 2 atom stereocenters. The minimum atomic E-state index is -4.76. The lowest BCUT2D eigenvalue weighted by atomic mass is 9.98. The highest BCUT2D eigenvalue weighted by molar-refractivity contribution is 5.77. The summed E-state index contributed by atoms with van der Waals surface area (Å²) in [5.74, 6) is -2.23. The van der Waals surface area contributed by atoms with E-state index in [1.807, 2.05) is 0 Å². The number of aromatic nitrogens is 2. The number of halogens is 8. The van der Waals surface area contributed by atoms with Crippen LogP contribution in [0.5, 0.6) is 0 Å². The van der Waals surface area contributed by atoms with E-state index in [-0.39, 0.29) is 29.9 Å². The Hall–Kier alpha value is -3.48. The van der Waals surface area contributed by atoms with Gasteiger partial charge < -0.3 is 15.2 Å². The molecule has 3 aromatic rings. The third-order valence-electron chi connectivity index (χ3n) is 6.05. The molecule has 0 radical (unpaired) electrons. The van der Waals surface area contributed by atoms with Gasteiger partial charge in [0.05, 0.1) is 18.2 Å². The van der Waals surface area contributed by atoms with E-state index in [0.29, 0.717) is 0 Å². The topological polar surface area (TPSA) is 64.2 Å². The maximum atomic E-state index is 14.0. The number of amides is 1. The second-order valence-electron chi connectivity index (χ2n) is 8.76. The number of imidazole rings is 1. The predicted octanol–water partition coefficient (Wildman–Crippen LogP) is 5.24. The number of alkyl halides is 6. The van der Waals surface area contributed by atoms with Crippen LogP contribution < -0.4 is 5.73 Å². The van der Waals surface area contributed by atoms with Gasteiger partial charge in [0.15, 0.2) is 5.69 Å². The van der Waals surface area contributed by atoms with E-state index in [1.165, 1.54) is 6.07 Å². The largest absolute Gasteiger partial charge is 0.434 e. The molecule has 2 heterocycles. The van der Waals surface area contributed by atoms with Crippen LogP contribution in [0.2, 0.25) is 0 Å². The van der Waals surface area contributed by atoms with E-state index >= 15 is 0 Å². The Morgan fingerprint density at radius 3 is 2.46 bits per heavy atom. The summed E-state index contributed by atoms with van der Waals surface area (Å²) in [6.07, 6.45) is -9.33. The van der Waals surface area contributed by atoms with Gasteiger partial charge in [-0.3, -0.25) is 4.79 Å². The second-order valence-corrected chi connectivity index (χ2v) is 8.76. The molecular formula is C24H20F8N4O. The summed E-state index contributed by atoms with van der Waals surface area (Å²) < 4.78 is 108. The minimum Gasteiger partial charge on any atom is -0.330 e. The number of fused-ring (bicyclic) bond motifs is 1. The summed E-state index contributed by atoms with van der Waals surface area (Å²) in [6.45, 7) is -0.698. The van der Waals surface area contributed by atoms with Crippen LogP contribution in [0.4, 0.5) is 35.1 Å². The number of nitrogens with two attached hydrogens (primary N) is 1. The molecular weight excluding hydrogens is 512 g/mol. The molecule has 198 valence electrons. The van der Waals surface area contributed by atoms with Crippen molar-refractivity contribution in [3.63, 3.8) is 0 Å². The molecule has 0 fully saturated rings. The van der Waals surface area contributed by atoms with Crippen LogP contribution in [0.3, 0.4) is 0 Å². The highest BCUT2D eigenvalue weighted by atomic mass is 19.4. The number of benzene rings is 2. The van der Waals surface area contributed by atoms with Gasteiger partial charge in [-0.15, -0.1) is 0 Å². The number of rotatable bonds is 5. The Balaban J connectivity index is 1.64. The van der Waals surface area contributed by atoms with Crippen molar-refractivity contribution >= 4 is 5.91 Å². The molecule has 2 N–H and O–H groups in total. The minimum absolute atomic E-state index is 0.0563. The fourth-order valence-electron chi connectivity index (χ4n) is 4.29. The summed E-state index contributed by atoms with van der Waals surface area (Å²) in [4.78, 5) is 17.9. The standard InChI is InChI=1S/C24H20F8N4O/c25-16-4-5-18(26)14(7-16)8-17(33)9-22(37)36-12-21-34-20(24(30,31)32)11-35(21)10-19(36)13-2-1-3-15(6-13)23(27,28)29/h1-7,11,17,19H,8-10,12,33H2/t17-,19?/m1/s1. The van der Waals surface area contributed by atoms with Gasteiger partial charge >= 0.3 is 12.4 Å². The average Bonchev–Trinajstić information content (AvgIpc) is 3.24. The van der Waals surface area contributed by atoms with Crippen LogP contribution >= 0.6 is 0 Å². The number of carbonyl (C=O) groups is 1. The predicted molar refractivity (Wildman–Crippen MR) is 115 cm³/mol. The molecule has 0 spiro atoms. The van der Waals surface area contributed by atoms with Gasteiger partial charge in [-0.1, -0.05) is 12.1 Å². The molecule has 37 heavy (non-hydrogen) atoms. The molecule has 4 rings (SSSR count). The highest BCUT2D eigenvalue weighted by Crippen LogP contribution is 2.37. The lowest BCUT2D eigenvalue weighted by Gasteiger charge is -2.37. The van der Waals surface area contributed by atoms with Gasteiger partial charge in [-0.2, -0.15) is 26.3 Å². The van der Waals surface area contributed by atoms with Gasteiger partial charge in [0, 0.05) is 25.2 Å². The smallest absolute Gasteiger partial charge is 0.330 e. The average molecular weight is 532 g/mol. The second kappa shape index (κ2) is 9.77. The van der Waals surface area contributed by atoms with Gasteiger partial charge in [0.25, 0.3) is 0 Å². The summed E-state index contributed by atoms with van der Waals surface area (Å²) in [7, 11) is 0. The van der Waals surface area contributed by atoms with Gasteiger partial charge in [-0.05, 0) is 47.9 Å². The third-order valence-corrected chi connectivity index (χ3v) is 6.05. The molecule has 1 aliphatic rings. The van der Waals surface area contributed by atoms with Crippen molar-refractivity contribution in [1.82, 2.24) is 14.5 Å². The first kappa shape index (κ1) is 26.6. The zero-order chi connectivity index (χ0) is 27.1. The Bertz CT molecular complexity index is 1300. The molecule has 13 heteroatoms. The third kappa shape index (κ3) is 5.92. The molecule has 1 aliphatic heterocycles. The van der Waals surface area contributed by atoms with Crippen LogP contribution in [-0.2, 0) is 36.7 Å². The van der Waals surface area contributed by atoms with Gasteiger partial charge in [0.1, 0.15) is 17.5 Å². The molecule has 2 aromatic carbocycles. The molecule has 0 saturated heterocycles. The van der Waals surface area contributed by atoms with Crippen molar-refractivity contribution in [1.29, 1.82) is 0 Å². The number of hydrogen-bond acceptors (Lipinski definition) is 3. The lowest BCUT2D eigenvalue weighted by molar-refractivity contribution is -0.141. The molecule has 5 nitrogen and oxygen atoms in total. The normalized spacial score (nSPS) is 17.0. The van der Waals surface area contributed by atoms with E-state index in [4.69, 9.17) is 5.73 Å². The van der Waals surface area contributed by atoms with Crippen molar-refractivity contribution in [3.8, 4) is 0 Å². The summed E-state index contributed by atoms with van der Waals surface area (Å²) in [5.41, 5.74) is 3.80. The maximum Gasteiger partial charge on any atom is 0.434 e. The number of carbonyl (C=O) groups excluding carboxylic acids is 1. The van der Waals surface area contributed by atoms with Crippen molar-refractivity contribution in [2.75, 3.05) is 0 Å². The van der Waals surface area contributed by atoms with E-state index in [0.717, 1.165) is 52.1 Å². The molecule has 0 saturated carbocycles. The van der Waals surface area contributed by atoms with E-state index in [9.17, 15) is 39.9 Å². The monoisotopic (exact) mass is 532 g/mol. The Labute approximate surface area is 205 Å². The quantitative estimate of drug-likeness (QED) is 0.457. The van der Waals surface area contributed by atoms with E-state index in [1.54, 1.807) is 0 Å². The van der Waals surface area contributed by atoms with Crippen LogP contribution in [0.15, 0.2) is 48.7 Å². The summed E-state index contributed by atoms with van der Waals surface area (Å²) >= 11 is 0. The SMILES string of the molecule is N[C@@H](CC(=O)N1Cc2nc(C(F)(F)F)cn2CC1c1cccc(C(F)(F)F)c1)Cc1cc(F)ccc1F. The zero-order valence-corrected chi connectivity index (χ0v) is 19.0. The Morgan fingerprint density at radius 1 is 1.05 bits per heavy atom. The van der Waals surface area contributed by atoms with Crippen molar-refractivity contribution in [2.45, 2.75) is 50.4 Å². The first-order valence-electron chi connectivity index (χ1n) is 11.0. The maximum absolute atomic E-state index is 14.0.